The van der Waals surface area contributed by atoms with Crippen molar-refractivity contribution >= 4 is 27.0 Å². The maximum atomic E-state index is 5.87. The number of H-pyrrole nitrogens is 1. The molecular formula is C13H18BrN3. The Labute approximate surface area is 110 Å². The monoisotopic (exact) mass is 295 g/mol. The summed E-state index contributed by atoms with van der Waals surface area (Å²) in [7, 11) is 0. The average molecular weight is 296 g/mol. The van der Waals surface area contributed by atoms with Gasteiger partial charge in [-0.05, 0) is 31.0 Å². The van der Waals surface area contributed by atoms with Crippen molar-refractivity contribution in [2.24, 2.45) is 5.73 Å². The Bertz CT molecular complexity index is 541. The van der Waals surface area contributed by atoms with Crippen LogP contribution in [0.2, 0.25) is 0 Å². The minimum atomic E-state index is -0.0715. The van der Waals surface area contributed by atoms with Crippen LogP contribution in [0.3, 0.4) is 0 Å². The fourth-order valence-corrected chi connectivity index (χ4v) is 2.51. The molecule has 0 bridgehead atoms. The van der Waals surface area contributed by atoms with Crippen molar-refractivity contribution in [3.8, 4) is 0 Å². The number of aryl methyl sites for hydroxylation is 1. The molecule has 1 atom stereocenters. The third kappa shape index (κ3) is 2.11. The molecule has 1 unspecified atom stereocenters. The second kappa shape index (κ2) is 4.42. The van der Waals surface area contributed by atoms with Gasteiger partial charge in [-0.25, -0.2) is 4.98 Å². The molecule has 0 aliphatic heterocycles. The predicted molar refractivity (Wildman–Crippen MR) is 75.2 cm³/mol. The minimum absolute atomic E-state index is 0.0715. The summed E-state index contributed by atoms with van der Waals surface area (Å²) >= 11 is 3.50. The fourth-order valence-electron chi connectivity index (χ4n) is 1.94. The van der Waals surface area contributed by atoms with Crippen molar-refractivity contribution < 1.29 is 0 Å². The molecule has 0 saturated carbocycles. The zero-order chi connectivity index (χ0) is 12.6. The van der Waals surface area contributed by atoms with E-state index in [1.54, 1.807) is 0 Å². The molecular weight excluding hydrogens is 278 g/mol. The van der Waals surface area contributed by atoms with Gasteiger partial charge in [0.2, 0.25) is 0 Å². The summed E-state index contributed by atoms with van der Waals surface area (Å²) < 4.78 is 1.07. The van der Waals surface area contributed by atoms with Crippen LogP contribution in [0.25, 0.3) is 11.0 Å². The van der Waals surface area contributed by atoms with Gasteiger partial charge in [0.25, 0.3) is 0 Å². The van der Waals surface area contributed by atoms with Crippen LogP contribution in [0.15, 0.2) is 16.6 Å². The summed E-state index contributed by atoms with van der Waals surface area (Å²) in [6, 6.07) is 4.14. The lowest BCUT2D eigenvalue weighted by molar-refractivity contribution is 0.443. The highest BCUT2D eigenvalue weighted by Gasteiger charge is 2.26. The zero-order valence-electron chi connectivity index (χ0n) is 10.5. The molecule has 0 aliphatic rings. The number of fused-ring (bicyclic) bond motifs is 1. The minimum Gasteiger partial charge on any atom is -0.341 e. The molecule has 0 fully saturated rings. The quantitative estimate of drug-likeness (QED) is 0.913. The molecule has 0 saturated heterocycles. The van der Waals surface area contributed by atoms with Gasteiger partial charge in [0.15, 0.2) is 0 Å². The summed E-state index contributed by atoms with van der Waals surface area (Å²) in [5.41, 5.74) is 9.08. The van der Waals surface area contributed by atoms with E-state index in [1.165, 1.54) is 5.56 Å². The average Bonchev–Trinajstić information content (AvgIpc) is 2.72. The molecule has 0 radical (unpaired) electrons. The van der Waals surface area contributed by atoms with Gasteiger partial charge in [0, 0.05) is 16.4 Å². The Kier molecular flexibility index (Phi) is 3.27. The summed E-state index contributed by atoms with van der Waals surface area (Å²) in [5, 5.41) is 0. The number of nitrogens with one attached hydrogen (secondary N) is 1. The van der Waals surface area contributed by atoms with Crippen molar-refractivity contribution in [3.63, 3.8) is 0 Å². The van der Waals surface area contributed by atoms with Crippen LogP contribution in [0.4, 0.5) is 0 Å². The van der Waals surface area contributed by atoms with Gasteiger partial charge in [-0.2, -0.15) is 0 Å². The highest BCUT2D eigenvalue weighted by atomic mass is 79.9. The van der Waals surface area contributed by atoms with E-state index >= 15 is 0 Å². The van der Waals surface area contributed by atoms with Crippen LogP contribution in [0.5, 0.6) is 0 Å². The Morgan fingerprint density at radius 1 is 1.47 bits per heavy atom. The highest BCUT2D eigenvalue weighted by molar-refractivity contribution is 9.10. The second-order valence-electron chi connectivity index (χ2n) is 4.82. The molecule has 3 N–H and O–H groups in total. The van der Waals surface area contributed by atoms with E-state index in [9.17, 15) is 0 Å². The van der Waals surface area contributed by atoms with Crippen molar-refractivity contribution in [2.75, 3.05) is 6.54 Å². The molecule has 1 aromatic carbocycles. The Balaban J connectivity index is 2.62. The summed E-state index contributed by atoms with van der Waals surface area (Å²) in [6.45, 7) is 6.96. The Hall–Kier alpha value is -0.870. The molecule has 1 aromatic heterocycles. The number of halogens is 1. The standard InChI is InChI=1S/C13H18BrN3/c1-4-13(3,7-15)12-16-10-6-9(14)5-8(2)11(10)17-12/h5-6H,4,7,15H2,1-3H3,(H,16,17). The van der Waals surface area contributed by atoms with Crippen molar-refractivity contribution in [1.29, 1.82) is 0 Å². The highest BCUT2D eigenvalue weighted by Crippen LogP contribution is 2.28. The fraction of sp³-hybridized carbons (Fsp3) is 0.462. The first-order valence-electron chi connectivity index (χ1n) is 5.86. The third-order valence-corrected chi connectivity index (χ3v) is 4.00. The molecule has 0 amide bonds. The summed E-state index contributed by atoms with van der Waals surface area (Å²) in [6.07, 6.45) is 0.976. The van der Waals surface area contributed by atoms with Crippen molar-refractivity contribution in [3.05, 3.63) is 28.0 Å². The largest absolute Gasteiger partial charge is 0.341 e. The first-order chi connectivity index (χ1) is 8.00. The topological polar surface area (TPSA) is 54.7 Å². The number of aromatic nitrogens is 2. The van der Waals surface area contributed by atoms with Crippen LogP contribution in [-0.2, 0) is 5.41 Å². The van der Waals surface area contributed by atoms with E-state index in [0.717, 1.165) is 27.8 Å². The van der Waals surface area contributed by atoms with Gasteiger partial charge in [0.05, 0.1) is 11.0 Å². The Morgan fingerprint density at radius 3 is 2.76 bits per heavy atom. The Morgan fingerprint density at radius 2 is 2.18 bits per heavy atom. The van der Waals surface area contributed by atoms with Crippen LogP contribution in [0, 0.1) is 6.92 Å². The molecule has 92 valence electrons. The number of aromatic amines is 1. The third-order valence-electron chi connectivity index (χ3n) is 3.54. The van der Waals surface area contributed by atoms with Crippen molar-refractivity contribution in [2.45, 2.75) is 32.6 Å². The molecule has 2 rings (SSSR count). The van der Waals surface area contributed by atoms with E-state index in [2.05, 4.69) is 53.8 Å². The van der Waals surface area contributed by atoms with Crippen molar-refractivity contribution in [1.82, 2.24) is 9.97 Å². The van der Waals surface area contributed by atoms with Gasteiger partial charge in [-0.15, -0.1) is 0 Å². The maximum absolute atomic E-state index is 5.87. The van der Waals surface area contributed by atoms with Gasteiger partial charge in [-0.1, -0.05) is 29.8 Å². The van der Waals surface area contributed by atoms with Crippen LogP contribution >= 0.6 is 15.9 Å². The first-order valence-corrected chi connectivity index (χ1v) is 6.66. The number of rotatable bonds is 3. The maximum Gasteiger partial charge on any atom is 0.114 e. The van der Waals surface area contributed by atoms with Gasteiger partial charge < -0.3 is 10.7 Å². The van der Waals surface area contributed by atoms with E-state index in [4.69, 9.17) is 10.7 Å². The lowest BCUT2D eigenvalue weighted by Gasteiger charge is -2.23. The molecule has 1 heterocycles. The van der Waals surface area contributed by atoms with Crippen LogP contribution in [-0.4, -0.2) is 16.5 Å². The lowest BCUT2D eigenvalue weighted by atomic mass is 9.87. The van der Waals surface area contributed by atoms with E-state index in [0.29, 0.717) is 6.54 Å². The smallest absolute Gasteiger partial charge is 0.114 e. The molecule has 2 aromatic rings. The molecule has 3 nitrogen and oxygen atoms in total. The zero-order valence-corrected chi connectivity index (χ0v) is 12.1. The predicted octanol–water partition coefficient (Wildman–Crippen LogP) is 3.26. The number of imidazole rings is 1. The lowest BCUT2D eigenvalue weighted by Crippen LogP contribution is -2.32. The molecule has 4 heteroatoms. The van der Waals surface area contributed by atoms with Gasteiger partial charge in [-0.3, -0.25) is 0 Å². The van der Waals surface area contributed by atoms with Gasteiger partial charge in [0.1, 0.15) is 5.82 Å². The molecule has 0 aliphatic carbocycles. The second-order valence-corrected chi connectivity index (χ2v) is 5.74. The van der Waals surface area contributed by atoms with Crippen LogP contribution < -0.4 is 5.73 Å². The molecule has 0 spiro atoms. The number of hydrogen-bond donors (Lipinski definition) is 2. The number of nitrogens with zero attached hydrogens (tertiary/aromatic N) is 1. The normalized spacial score (nSPS) is 15.1. The van der Waals surface area contributed by atoms with E-state index < -0.39 is 0 Å². The number of hydrogen-bond acceptors (Lipinski definition) is 2. The van der Waals surface area contributed by atoms with E-state index in [-0.39, 0.29) is 5.41 Å². The van der Waals surface area contributed by atoms with Crippen LogP contribution in [0.1, 0.15) is 31.7 Å². The number of benzene rings is 1. The molecule has 17 heavy (non-hydrogen) atoms. The van der Waals surface area contributed by atoms with Gasteiger partial charge >= 0.3 is 0 Å². The first kappa shape index (κ1) is 12.6. The SMILES string of the molecule is CCC(C)(CN)c1nc2c(C)cc(Br)cc2[nH]1. The van der Waals surface area contributed by atoms with E-state index in [1.807, 2.05) is 0 Å². The summed E-state index contributed by atoms with van der Waals surface area (Å²) in [4.78, 5) is 8.11. The summed E-state index contributed by atoms with van der Waals surface area (Å²) in [5.74, 6) is 0.985. The number of nitrogens with two attached hydrogens (primary N) is 1.